The molecule has 17 heavy (non-hydrogen) atoms. The van der Waals surface area contributed by atoms with Gasteiger partial charge in [0.25, 0.3) is 0 Å². The number of nitrogens with zero attached hydrogens (tertiary/aromatic N) is 3. The number of piperidine rings is 1. The Kier molecular flexibility index (Phi) is 4.18. The van der Waals surface area contributed by atoms with Gasteiger partial charge >= 0.3 is 0 Å². The summed E-state index contributed by atoms with van der Waals surface area (Å²) in [4.78, 5) is 2.46. The second kappa shape index (κ2) is 5.65. The Balaban J connectivity index is 2.03. The molecule has 2 heterocycles. The molecule has 1 fully saturated rings. The summed E-state index contributed by atoms with van der Waals surface area (Å²) in [5.74, 6) is 0. The first-order valence-corrected chi connectivity index (χ1v) is 6.76. The van der Waals surface area contributed by atoms with Gasteiger partial charge in [-0.05, 0) is 38.8 Å². The topological polar surface area (TPSA) is 47.1 Å². The van der Waals surface area contributed by atoms with E-state index in [1.165, 1.54) is 30.8 Å². The molecule has 1 aromatic rings. The number of aryl methyl sites for hydroxylation is 2. The highest BCUT2D eigenvalue weighted by atomic mass is 15.3. The van der Waals surface area contributed by atoms with E-state index in [-0.39, 0.29) is 0 Å². The standard InChI is InChI=1S/C13H24N4/c1-3-12-8-13(17(4-2)15-12)10-16-7-5-6-11(14)9-16/h8,11H,3-7,9-10,14H2,1-2H3/t11-/m1/s1. The Morgan fingerprint density at radius 2 is 2.29 bits per heavy atom. The molecule has 0 aromatic carbocycles. The molecule has 0 amide bonds. The van der Waals surface area contributed by atoms with Crippen molar-refractivity contribution in [1.82, 2.24) is 14.7 Å². The number of aromatic nitrogens is 2. The zero-order chi connectivity index (χ0) is 12.3. The van der Waals surface area contributed by atoms with Gasteiger partial charge < -0.3 is 5.73 Å². The SMILES string of the molecule is CCc1cc(CN2CCC[C@@H](N)C2)n(CC)n1. The first kappa shape index (κ1) is 12.6. The lowest BCUT2D eigenvalue weighted by Gasteiger charge is -2.30. The number of rotatable bonds is 4. The van der Waals surface area contributed by atoms with Gasteiger partial charge in [0.1, 0.15) is 0 Å². The summed E-state index contributed by atoms with van der Waals surface area (Å²) < 4.78 is 2.12. The van der Waals surface area contributed by atoms with Gasteiger partial charge in [0.2, 0.25) is 0 Å². The van der Waals surface area contributed by atoms with Crippen LogP contribution in [-0.4, -0.2) is 33.8 Å². The first-order chi connectivity index (χ1) is 8.22. The molecule has 0 radical (unpaired) electrons. The van der Waals surface area contributed by atoms with Gasteiger partial charge in [-0.2, -0.15) is 5.10 Å². The van der Waals surface area contributed by atoms with Crippen molar-refractivity contribution in [2.75, 3.05) is 13.1 Å². The van der Waals surface area contributed by atoms with Crippen LogP contribution in [-0.2, 0) is 19.5 Å². The van der Waals surface area contributed by atoms with Crippen molar-refractivity contribution in [2.24, 2.45) is 5.73 Å². The van der Waals surface area contributed by atoms with E-state index in [2.05, 4.69) is 34.6 Å². The van der Waals surface area contributed by atoms with Crippen molar-refractivity contribution < 1.29 is 0 Å². The molecule has 2 N–H and O–H groups in total. The summed E-state index contributed by atoms with van der Waals surface area (Å²) >= 11 is 0. The Hall–Kier alpha value is -0.870. The third kappa shape index (κ3) is 3.07. The zero-order valence-corrected chi connectivity index (χ0v) is 11.0. The highest BCUT2D eigenvalue weighted by molar-refractivity contribution is 5.10. The van der Waals surface area contributed by atoms with E-state index < -0.39 is 0 Å². The van der Waals surface area contributed by atoms with Gasteiger partial charge in [-0.15, -0.1) is 0 Å². The van der Waals surface area contributed by atoms with E-state index >= 15 is 0 Å². The lowest BCUT2D eigenvalue weighted by atomic mass is 10.1. The molecular formula is C13H24N4. The monoisotopic (exact) mass is 236 g/mol. The fraction of sp³-hybridized carbons (Fsp3) is 0.769. The number of nitrogens with two attached hydrogens (primary N) is 1. The van der Waals surface area contributed by atoms with E-state index in [0.29, 0.717) is 6.04 Å². The smallest absolute Gasteiger partial charge is 0.0625 e. The van der Waals surface area contributed by atoms with Gasteiger partial charge in [0, 0.05) is 25.7 Å². The fourth-order valence-electron chi connectivity index (χ4n) is 2.55. The Bertz CT molecular complexity index is 358. The molecule has 0 aliphatic carbocycles. The molecule has 4 nitrogen and oxygen atoms in total. The van der Waals surface area contributed by atoms with Crippen molar-refractivity contribution in [1.29, 1.82) is 0 Å². The van der Waals surface area contributed by atoms with Crippen molar-refractivity contribution in [2.45, 2.75) is 52.2 Å². The molecule has 1 saturated heterocycles. The van der Waals surface area contributed by atoms with Crippen LogP contribution in [0.25, 0.3) is 0 Å². The van der Waals surface area contributed by atoms with Crippen LogP contribution in [0, 0.1) is 0 Å². The second-order valence-corrected chi connectivity index (χ2v) is 4.93. The maximum Gasteiger partial charge on any atom is 0.0625 e. The predicted molar refractivity (Wildman–Crippen MR) is 69.8 cm³/mol. The molecule has 1 aliphatic heterocycles. The lowest BCUT2D eigenvalue weighted by molar-refractivity contribution is 0.196. The first-order valence-electron chi connectivity index (χ1n) is 6.76. The molecule has 4 heteroatoms. The van der Waals surface area contributed by atoms with Crippen LogP contribution >= 0.6 is 0 Å². The minimum absolute atomic E-state index is 0.354. The van der Waals surface area contributed by atoms with Crippen LogP contribution < -0.4 is 5.73 Å². The Morgan fingerprint density at radius 3 is 2.94 bits per heavy atom. The molecule has 0 bridgehead atoms. The summed E-state index contributed by atoms with van der Waals surface area (Å²) in [6.07, 6.45) is 3.41. The Labute approximate surface area is 104 Å². The van der Waals surface area contributed by atoms with Crippen molar-refractivity contribution in [3.05, 3.63) is 17.5 Å². The summed E-state index contributed by atoms with van der Waals surface area (Å²) in [7, 11) is 0. The van der Waals surface area contributed by atoms with Crippen molar-refractivity contribution in [3.8, 4) is 0 Å². The van der Waals surface area contributed by atoms with E-state index in [0.717, 1.165) is 26.1 Å². The fourth-order valence-corrected chi connectivity index (χ4v) is 2.55. The molecular weight excluding hydrogens is 212 g/mol. The summed E-state index contributed by atoms with van der Waals surface area (Å²) in [5, 5.41) is 4.59. The molecule has 1 atom stereocenters. The minimum Gasteiger partial charge on any atom is -0.327 e. The molecule has 1 aliphatic rings. The maximum absolute atomic E-state index is 6.02. The quantitative estimate of drug-likeness (QED) is 0.859. The third-order valence-corrected chi connectivity index (χ3v) is 3.50. The second-order valence-electron chi connectivity index (χ2n) is 4.93. The maximum atomic E-state index is 6.02. The minimum atomic E-state index is 0.354. The van der Waals surface area contributed by atoms with Crippen LogP contribution in [0.5, 0.6) is 0 Å². The normalized spacial score (nSPS) is 21.9. The molecule has 0 spiro atoms. The summed E-state index contributed by atoms with van der Waals surface area (Å²) in [6.45, 7) is 8.45. The third-order valence-electron chi connectivity index (χ3n) is 3.50. The van der Waals surface area contributed by atoms with Gasteiger partial charge in [-0.3, -0.25) is 9.58 Å². The molecule has 0 saturated carbocycles. The van der Waals surface area contributed by atoms with Gasteiger partial charge in [-0.25, -0.2) is 0 Å². The predicted octanol–water partition coefficient (Wildman–Crippen LogP) is 1.39. The summed E-state index contributed by atoms with van der Waals surface area (Å²) in [5.41, 5.74) is 8.55. The van der Waals surface area contributed by atoms with Crippen molar-refractivity contribution >= 4 is 0 Å². The van der Waals surface area contributed by atoms with Crippen LogP contribution in [0.1, 0.15) is 38.1 Å². The van der Waals surface area contributed by atoms with E-state index in [9.17, 15) is 0 Å². The van der Waals surface area contributed by atoms with Gasteiger partial charge in [0.05, 0.1) is 11.4 Å². The molecule has 96 valence electrons. The van der Waals surface area contributed by atoms with Crippen LogP contribution in [0.4, 0.5) is 0 Å². The molecule has 0 unspecified atom stereocenters. The lowest BCUT2D eigenvalue weighted by Crippen LogP contribution is -2.42. The highest BCUT2D eigenvalue weighted by Crippen LogP contribution is 2.14. The molecule has 1 aromatic heterocycles. The zero-order valence-electron chi connectivity index (χ0n) is 11.0. The van der Waals surface area contributed by atoms with E-state index in [1.54, 1.807) is 0 Å². The number of hydrogen-bond acceptors (Lipinski definition) is 3. The van der Waals surface area contributed by atoms with Gasteiger partial charge in [-0.1, -0.05) is 6.92 Å². The average molecular weight is 236 g/mol. The summed E-state index contributed by atoms with van der Waals surface area (Å²) in [6, 6.07) is 2.59. The molecule has 2 rings (SSSR count). The van der Waals surface area contributed by atoms with Gasteiger partial charge in [0.15, 0.2) is 0 Å². The largest absolute Gasteiger partial charge is 0.327 e. The Morgan fingerprint density at radius 1 is 1.47 bits per heavy atom. The average Bonchev–Trinajstić information content (AvgIpc) is 2.71. The van der Waals surface area contributed by atoms with Crippen molar-refractivity contribution in [3.63, 3.8) is 0 Å². The number of likely N-dealkylation sites (tertiary alicyclic amines) is 1. The number of hydrogen-bond donors (Lipinski definition) is 1. The van der Waals surface area contributed by atoms with E-state index in [1.807, 2.05) is 0 Å². The highest BCUT2D eigenvalue weighted by Gasteiger charge is 2.18. The van der Waals surface area contributed by atoms with Crippen LogP contribution in [0.2, 0.25) is 0 Å². The van der Waals surface area contributed by atoms with Crippen LogP contribution in [0.3, 0.4) is 0 Å². The van der Waals surface area contributed by atoms with Crippen LogP contribution in [0.15, 0.2) is 6.07 Å². The van der Waals surface area contributed by atoms with E-state index in [4.69, 9.17) is 5.73 Å².